The number of fused-ring (bicyclic) bond motifs is 1. The van der Waals surface area contributed by atoms with Crippen molar-refractivity contribution in [2.45, 2.75) is 57.3 Å². The minimum absolute atomic E-state index is 0.0234. The average molecular weight is 747 g/mol. The predicted molar refractivity (Wildman–Crippen MR) is 200 cm³/mol. The van der Waals surface area contributed by atoms with Crippen LogP contribution in [0.3, 0.4) is 0 Å². The molecule has 3 amide bonds. The van der Waals surface area contributed by atoms with Crippen molar-refractivity contribution in [2.24, 2.45) is 7.05 Å². The van der Waals surface area contributed by atoms with Crippen LogP contribution in [0.4, 0.5) is 5.69 Å². The Kier molecular flexibility index (Phi) is 10.1. The summed E-state index contributed by atoms with van der Waals surface area (Å²) in [5, 5.41) is 10.0. The minimum atomic E-state index is -0.425. The number of rotatable bonds is 10. The van der Waals surface area contributed by atoms with E-state index in [9.17, 15) is 14.4 Å². The second-order valence-corrected chi connectivity index (χ2v) is 14.2. The number of ether oxygens (including phenoxy) is 1. The maximum Gasteiger partial charge on any atom is 0.291 e. The van der Waals surface area contributed by atoms with E-state index in [1.165, 1.54) is 0 Å². The molecular formula is C38H42Cl2N8O4. The van der Waals surface area contributed by atoms with Gasteiger partial charge in [0, 0.05) is 81.1 Å². The predicted octanol–water partition coefficient (Wildman–Crippen LogP) is 5.06. The maximum atomic E-state index is 13.7. The zero-order chi connectivity index (χ0) is 37.2. The van der Waals surface area contributed by atoms with E-state index in [0.717, 1.165) is 42.6 Å². The van der Waals surface area contributed by atoms with Crippen LogP contribution in [-0.4, -0.2) is 87.9 Å². The summed E-state index contributed by atoms with van der Waals surface area (Å²) in [6.45, 7) is 2.86. The van der Waals surface area contributed by atoms with Gasteiger partial charge in [0.05, 0.1) is 46.8 Å². The van der Waals surface area contributed by atoms with Crippen LogP contribution >= 0.6 is 23.2 Å². The number of nitrogens with zero attached hydrogens (tertiary/aromatic N) is 5. The van der Waals surface area contributed by atoms with Gasteiger partial charge in [0.1, 0.15) is 5.75 Å². The highest BCUT2D eigenvalue weighted by Crippen LogP contribution is 2.41. The van der Waals surface area contributed by atoms with Gasteiger partial charge in [-0.2, -0.15) is 0 Å². The van der Waals surface area contributed by atoms with Crippen LogP contribution in [0.15, 0.2) is 48.7 Å². The summed E-state index contributed by atoms with van der Waals surface area (Å²) in [5.41, 5.74) is 5.54. The van der Waals surface area contributed by atoms with Gasteiger partial charge < -0.3 is 30.2 Å². The number of likely N-dealkylation sites (N-methyl/N-ethyl adjacent to an activating group) is 1. The summed E-state index contributed by atoms with van der Waals surface area (Å²) in [6, 6.07) is 12.8. The fourth-order valence-corrected chi connectivity index (χ4v) is 7.95. The van der Waals surface area contributed by atoms with E-state index >= 15 is 0 Å². The first-order valence-corrected chi connectivity index (χ1v) is 18.2. The van der Waals surface area contributed by atoms with E-state index in [2.05, 4.69) is 25.9 Å². The molecule has 2 atom stereocenters. The number of amides is 3. The van der Waals surface area contributed by atoms with Crippen LogP contribution in [0.1, 0.15) is 54.6 Å². The monoisotopic (exact) mass is 745 g/mol. The number of anilines is 1. The number of pyridine rings is 1. The molecule has 12 nitrogen and oxygen atoms in total. The van der Waals surface area contributed by atoms with Crippen molar-refractivity contribution in [3.05, 3.63) is 81.5 Å². The van der Waals surface area contributed by atoms with Crippen molar-refractivity contribution in [3.8, 4) is 28.1 Å². The zero-order valence-electron chi connectivity index (χ0n) is 30.2. The van der Waals surface area contributed by atoms with Crippen molar-refractivity contribution >= 4 is 46.6 Å². The van der Waals surface area contributed by atoms with Gasteiger partial charge in [-0.1, -0.05) is 47.5 Å². The summed E-state index contributed by atoms with van der Waals surface area (Å²) in [7, 11) is 3.53. The van der Waals surface area contributed by atoms with Crippen molar-refractivity contribution in [1.82, 2.24) is 35.0 Å². The minimum Gasteiger partial charge on any atom is -0.496 e. The molecule has 3 aliphatic heterocycles. The van der Waals surface area contributed by atoms with Gasteiger partial charge in [-0.3, -0.25) is 24.3 Å². The van der Waals surface area contributed by atoms with Crippen molar-refractivity contribution in [3.63, 3.8) is 0 Å². The standard InChI is InChI=1S/C38H42Cl2N8O4/c1-46-16-5-8-30(46)38(51)48-17-14-29-28(21-48)44-36(47(29)2)37(50)45-27-7-4-6-25(33(27)39)26-13-15-42-35(34(26)40)22-9-10-23(31(18-22)52-3)19-41-20-24-11-12-32(49)43-24/h4,6-7,9-10,13,15,18,24,30,41H,5,8,11-12,14,16-17,19-21H2,1-3H3,(H,43,49)(H,45,50)/t24-,30+/m1/s1/i1D. The Hall–Kier alpha value is -4.49. The molecule has 2 aromatic carbocycles. The molecule has 0 unspecified atom stereocenters. The third-order valence-electron chi connectivity index (χ3n) is 10.2. The second-order valence-electron chi connectivity index (χ2n) is 13.5. The molecule has 2 aromatic heterocycles. The lowest BCUT2D eigenvalue weighted by Crippen LogP contribution is -2.46. The number of carbonyl (C=O) groups is 3. The molecule has 52 heavy (non-hydrogen) atoms. The molecule has 0 bridgehead atoms. The highest BCUT2D eigenvalue weighted by Gasteiger charge is 2.35. The number of imidazole rings is 1. The third kappa shape index (κ3) is 7.12. The smallest absolute Gasteiger partial charge is 0.291 e. The highest BCUT2D eigenvalue weighted by molar-refractivity contribution is 6.39. The molecule has 3 aliphatic rings. The van der Waals surface area contributed by atoms with Crippen LogP contribution in [-0.2, 0) is 36.1 Å². The first-order chi connectivity index (χ1) is 25.7. The van der Waals surface area contributed by atoms with Gasteiger partial charge in [-0.05, 0) is 51.0 Å². The van der Waals surface area contributed by atoms with Crippen molar-refractivity contribution < 1.29 is 20.5 Å². The van der Waals surface area contributed by atoms with Crippen molar-refractivity contribution in [1.29, 1.82) is 0 Å². The Morgan fingerprint density at radius 1 is 1.10 bits per heavy atom. The lowest BCUT2D eigenvalue weighted by atomic mass is 10.0. The zero-order valence-corrected chi connectivity index (χ0v) is 30.7. The molecule has 0 radical (unpaired) electrons. The van der Waals surface area contributed by atoms with Gasteiger partial charge in [0.15, 0.2) is 5.82 Å². The molecule has 2 fully saturated rings. The largest absolute Gasteiger partial charge is 0.496 e. The van der Waals surface area contributed by atoms with E-state index in [4.69, 9.17) is 29.3 Å². The lowest BCUT2D eigenvalue weighted by molar-refractivity contribution is -0.136. The number of hydrogen-bond donors (Lipinski definition) is 3. The fourth-order valence-electron chi connectivity index (χ4n) is 7.35. The van der Waals surface area contributed by atoms with Crippen LogP contribution in [0.25, 0.3) is 22.4 Å². The molecule has 0 aliphatic carbocycles. The number of benzene rings is 2. The maximum absolute atomic E-state index is 13.7. The lowest BCUT2D eigenvalue weighted by Gasteiger charge is -2.31. The molecular weight excluding hydrogens is 703 g/mol. The summed E-state index contributed by atoms with van der Waals surface area (Å²) < 4.78 is 15.3. The quantitative estimate of drug-likeness (QED) is 0.205. The number of halogens is 2. The third-order valence-corrected chi connectivity index (χ3v) is 11.0. The number of nitrogens with one attached hydrogen (secondary N) is 3. The molecule has 2 saturated heterocycles. The summed E-state index contributed by atoms with van der Waals surface area (Å²) in [6.07, 6.45) is 5.30. The average Bonchev–Trinajstić information content (AvgIpc) is 3.91. The summed E-state index contributed by atoms with van der Waals surface area (Å²) in [4.78, 5) is 51.5. The normalized spacial score (nSPS) is 19.0. The van der Waals surface area contributed by atoms with Crippen LogP contribution in [0.2, 0.25) is 10.0 Å². The summed E-state index contributed by atoms with van der Waals surface area (Å²) >= 11 is 14.0. The fraction of sp³-hybridized carbons (Fsp3) is 0.395. The topological polar surface area (TPSA) is 134 Å². The molecule has 0 saturated carbocycles. The number of methoxy groups -OCH3 is 1. The van der Waals surface area contributed by atoms with Gasteiger partial charge in [-0.25, -0.2) is 4.98 Å². The van der Waals surface area contributed by atoms with Gasteiger partial charge in [0.2, 0.25) is 11.8 Å². The molecule has 4 aromatic rings. The number of hydrogen-bond acceptors (Lipinski definition) is 8. The SMILES string of the molecule is [2H]CN1CCC[C@H]1C(=O)N1CCc2c(nc(C(=O)Nc3cccc(-c4ccnc(-c5ccc(CNC[C@H]6CCC(=O)N6)c(OC)c5)c4Cl)c3Cl)n2C)C1. The van der Waals surface area contributed by atoms with Crippen molar-refractivity contribution in [2.75, 3.05) is 39.1 Å². The van der Waals surface area contributed by atoms with E-state index < -0.39 is 5.91 Å². The van der Waals surface area contributed by atoms with E-state index in [1.54, 1.807) is 41.0 Å². The molecule has 7 rings (SSSR count). The first-order valence-electron chi connectivity index (χ1n) is 18.2. The number of aromatic nitrogens is 3. The molecule has 3 N–H and O–H groups in total. The molecule has 14 heteroatoms. The van der Waals surface area contributed by atoms with Crippen LogP contribution in [0, 0.1) is 0 Å². The Labute approximate surface area is 314 Å². The van der Waals surface area contributed by atoms with Gasteiger partial charge in [0.25, 0.3) is 5.91 Å². The van der Waals surface area contributed by atoms with Crippen LogP contribution < -0.4 is 20.7 Å². The molecule has 0 spiro atoms. The van der Waals surface area contributed by atoms with E-state index in [1.807, 2.05) is 36.2 Å². The van der Waals surface area contributed by atoms with Gasteiger partial charge in [-0.15, -0.1) is 0 Å². The first kappa shape index (κ1) is 34.6. The Balaban J connectivity index is 1.06. The number of likely N-dealkylation sites (tertiary alicyclic amines) is 1. The molecule has 5 heterocycles. The van der Waals surface area contributed by atoms with E-state index in [-0.39, 0.29) is 36.7 Å². The number of carbonyl (C=O) groups excluding carboxylic acids is 3. The Bertz CT molecular complexity index is 2060. The second kappa shape index (κ2) is 15.2. The van der Waals surface area contributed by atoms with Crippen LogP contribution in [0.5, 0.6) is 5.75 Å². The Morgan fingerprint density at radius 3 is 2.73 bits per heavy atom. The molecule has 272 valence electrons. The van der Waals surface area contributed by atoms with E-state index in [0.29, 0.717) is 83.0 Å². The highest BCUT2D eigenvalue weighted by atomic mass is 35.5. The summed E-state index contributed by atoms with van der Waals surface area (Å²) in [5.74, 6) is 0.589. The van der Waals surface area contributed by atoms with Gasteiger partial charge >= 0.3 is 0 Å². The Morgan fingerprint density at radius 2 is 1.94 bits per heavy atom.